The van der Waals surface area contributed by atoms with Gasteiger partial charge in [0.25, 0.3) is 0 Å². The van der Waals surface area contributed by atoms with E-state index in [1.54, 1.807) is 43.3 Å². The average Bonchev–Trinajstić information content (AvgIpc) is 3.27. The summed E-state index contributed by atoms with van der Waals surface area (Å²) < 4.78 is 53.8. The number of carbonyl (C=O) groups is 2. The lowest BCUT2D eigenvalue weighted by Crippen LogP contribution is -2.59. The molecule has 2 aromatic rings. The molecule has 0 amide bonds. The number of esters is 2. The fourth-order valence-corrected chi connectivity index (χ4v) is 8.77. The Labute approximate surface area is 361 Å². The third-order valence-electron chi connectivity index (χ3n) is 13.6. The highest BCUT2D eigenvalue weighted by Gasteiger charge is 2.50. The maximum Gasteiger partial charge on any atom is 0.338 e. The van der Waals surface area contributed by atoms with Crippen molar-refractivity contribution in [3.63, 3.8) is 0 Å². The Balaban J connectivity index is 0.000000231. The zero-order valence-electron chi connectivity index (χ0n) is 37.6. The molecule has 0 radical (unpaired) electrons. The topological polar surface area (TPSA) is 178 Å². The number of benzene rings is 2. The molecule has 3 N–H and O–H groups in total. The van der Waals surface area contributed by atoms with Crippen LogP contribution in [0.3, 0.4) is 0 Å². The molecule has 14 heteroatoms. The highest BCUT2D eigenvalue weighted by Crippen LogP contribution is 2.39. The van der Waals surface area contributed by atoms with Crippen molar-refractivity contribution in [1.82, 2.24) is 0 Å². The fraction of sp³-hybridized carbons (Fsp3) is 0.702. The molecular formula is C47H70O14. The molecule has 0 saturated carbocycles. The SMILES string of the molecule is CCC1O[C@@H](C)C(O[C@@H]2OC(C)[C@H](C)[C@H](C)C2OC(=O)c2ccccc2)[C@@H](C)[C@@H]1O.CO[C@@H]1OC(CO)[C@@H](O)[C@H](C)C1O[C@@H]1OC(C)[C@H](C)[C@H](C)C1OC(=O)c1ccccc1. The Hall–Kier alpha value is -3.02. The molecular weight excluding hydrogens is 789 g/mol. The molecule has 2 aromatic carbocycles. The van der Waals surface area contributed by atoms with Crippen molar-refractivity contribution in [2.75, 3.05) is 13.7 Å². The summed E-state index contributed by atoms with van der Waals surface area (Å²) in [6, 6.07) is 17.7. The molecule has 0 bridgehead atoms. The quantitative estimate of drug-likeness (QED) is 0.232. The Kier molecular flexibility index (Phi) is 17.7. The van der Waals surface area contributed by atoms with Crippen molar-refractivity contribution in [3.05, 3.63) is 71.8 Å². The van der Waals surface area contributed by atoms with Crippen LogP contribution in [0.5, 0.6) is 0 Å². The summed E-state index contributed by atoms with van der Waals surface area (Å²) in [5.74, 6) is -1.02. The monoisotopic (exact) mass is 858 g/mol. The van der Waals surface area contributed by atoms with E-state index in [-0.39, 0.29) is 66.7 Å². The average molecular weight is 859 g/mol. The van der Waals surface area contributed by atoms with Gasteiger partial charge in [0.05, 0.1) is 60.5 Å². The Morgan fingerprint density at radius 2 is 0.951 bits per heavy atom. The minimum absolute atomic E-state index is 0.0302. The highest BCUT2D eigenvalue weighted by molar-refractivity contribution is 5.90. The number of hydrogen-bond donors (Lipinski definition) is 3. The van der Waals surface area contributed by atoms with Crippen molar-refractivity contribution in [2.24, 2.45) is 35.5 Å². The molecule has 8 unspecified atom stereocenters. The molecule has 14 nitrogen and oxygen atoms in total. The van der Waals surface area contributed by atoms with Gasteiger partial charge >= 0.3 is 11.9 Å². The molecule has 4 aliphatic heterocycles. The van der Waals surface area contributed by atoms with Gasteiger partial charge in [-0.25, -0.2) is 9.59 Å². The molecule has 61 heavy (non-hydrogen) atoms. The summed E-state index contributed by atoms with van der Waals surface area (Å²) in [4.78, 5) is 25.5. The Morgan fingerprint density at radius 3 is 1.38 bits per heavy atom. The van der Waals surface area contributed by atoms with Crippen LogP contribution in [0.1, 0.15) is 96.4 Å². The smallest absolute Gasteiger partial charge is 0.338 e. The minimum Gasteiger partial charge on any atom is -0.453 e. The first-order valence-corrected chi connectivity index (χ1v) is 22.0. The number of rotatable bonds is 11. The van der Waals surface area contributed by atoms with E-state index in [1.165, 1.54) is 7.11 Å². The summed E-state index contributed by atoms with van der Waals surface area (Å²) in [7, 11) is 1.47. The van der Waals surface area contributed by atoms with E-state index in [1.807, 2.05) is 65.8 Å². The normalized spacial score (nSPS) is 41.5. The molecule has 4 saturated heterocycles. The van der Waals surface area contributed by atoms with Gasteiger partial charge in [-0.3, -0.25) is 0 Å². The van der Waals surface area contributed by atoms with Gasteiger partial charge in [0.1, 0.15) is 12.2 Å². The van der Waals surface area contributed by atoms with Gasteiger partial charge in [-0.1, -0.05) is 84.9 Å². The number of aliphatic hydroxyl groups excluding tert-OH is 3. The van der Waals surface area contributed by atoms with Gasteiger partial charge in [-0.15, -0.1) is 0 Å². The molecule has 20 atom stereocenters. The first-order valence-electron chi connectivity index (χ1n) is 22.0. The van der Waals surface area contributed by atoms with Crippen LogP contribution in [-0.4, -0.2) is 127 Å². The lowest BCUT2D eigenvalue weighted by atomic mass is 9.83. The lowest BCUT2D eigenvalue weighted by molar-refractivity contribution is -0.346. The first kappa shape index (κ1) is 49.0. The van der Waals surface area contributed by atoms with Crippen molar-refractivity contribution >= 4 is 11.9 Å². The number of ether oxygens (including phenoxy) is 9. The predicted molar refractivity (Wildman–Crippen MR) is 224 cm³/mol. The second-order valence-corrected chi connectivity index (χ2v) is 17.5. The Bertz CT molecular complexity index is 1650. The van der Waals surface area contributed by atoms with Gasteiger partial charge in [0, 0.05) is 30.8 Å². The molecule has 342 valence electrons. The lowest BCUT2D eigenvalue weighted by Gasteiger charge is -2.47. The van der Waals surface area contributed by atoms with Gasteiger partial charge in [0.2, 0.25) is 0 Å². The standard InChI is InChI=1S/C24H36O6.C23H34O8/c1-7-19-20(25)15(4)21(17(6)27-19)30-24-22(14(3)13(2)16(5)28-24)29-23(26)18-11-9-8-10-12-18;1-12-13(2)19(30-21(26)16-9-7-6-8-10-16)23(28-15(12)4)31-20-14(3)18(25)17(11-24)29-22(20)27-5/h8-17,19-22,24-25H,7H2,1-6H3;6-10,12-15,17-20,22-25H,11H2,1-5H3/t13-,14+,15+,16?,17+,19?,20+,21?,22?,24+;12-,13+,14+,15?,17?,18+,19?,20?,22-,23+/m11/s1. The molecule has 4 aliphatic rings. The zero-order valence-corrected chi connectivity index (χ0v) is 37.6. The molecule has 0 aromatic heterocycles. The molecule has 0 spiro atoms. The van der Waals surface area contributed by atoms with Crippen molar-refractivity contribution in [3.8, 4) is 0 Å². The van der Waals surface area contributed by atoms with Crippen LogP contribution in [0, 0.1) is 35.5 Å². The predicted octanol–water partition coefficient (Wildman–Crippen LogP) is 5.78. The summed E-state index contributed by atoms with van der Waals surface area (Å²) in [5.41, 5.74) is 0.948. The van der Waals surface area contributed by atoms with Crippen LogP contribution < -0.4 is 0 Å². The zero-order chi connectivity index (χ0) is 44.7. The number of aliphatic hydroxyl groups is 3. The van der Waals surface area contributed by atoms with Crippen LogP contribution in [0.25, 0.3) is 0 Å². The Morgan fingerprint density at radius 1 is 0.525 bits per heavy atom. The maximum atomic E-state index is 12.8. The molecule has 0 aliphatic carbocycles. The third-order valence-corrected chi connectivity index (χ3v) is 13.6. The second-order valence-electron chi connectivity index (χ2n) is 17.5. The highest BCUT2D eigenvalue weighted by atomic mass is 16.8. The van der Waals surface area contributed by atoms with E-state index in [9.17, 15) is 24.9 Å². The largest absolute Gasteiger partial charge is 0.453 e. The number of hydrogen-bond acceptors (Lipinski definition) is 14. The summed E-state index contributed by atoms with van der Waals surface area (Å²) in [6.07, 6.45) is -6.79. The number of methoxy groups -OCH3 is 1. The second kappa shape index (κ2) is 22.1. The van der Waals surface area contributed by atoms with Crippen molar-refractivity contribution in [1.29, 1.82) is 0 Å². The van der Waals surface area contributed by atoms with Crippen LogP contribution >= 0.6 is 0 Å². The molecule has 4 fully saturated rings. The van der Waals surface area contributed by atoms with Crippen LogP contribution in [0.4, 0.5) is 0 Å². The molecule has 4 heterocycles. The van der Waals surface area contributed by atoms with E-state index >= 15 is 0 Å². The summed E-state index contributed by atoms with van der Waals surface area (Å²) >= 11 is 0. The fourth-order valence-electron chi connectivity index (χ4n) is 8.77. The van der Waals surface area contributed by atoms with Gasteiger partial charge in [-0.2, -0.15) is 0 Å². The maximum absolute atomic E-state index is 12.8. The molecule has 6 rings (SSSR count). The van der Waals surface area contributed by atoms with E-state index in [2.05, 4.69) is 20.8 Å². The minimum atomic E-state index is -0.941. The summed E-state index contributed by atoms with van der Waals surface area (Å²) in [5, 5.41) is 30.6. The van der Waals surface area contributed by atoms with E-state index in [4.69, 9.17) is 42.6 Å². The van der Waals surface area contributed by atoms with Gasteiger partial charge in [-0.05, 0) is 63.3 Å². The van der Waals surface area contributed by atoms with Gasteiger partial charge < -0.3 is 58.0 Å². The summed E-state index contributed by atoms with van der Waals surface area (Å²) in [6.45, 7) is 19.6. The van der Waals surface area contributed by atoms with E-state index < -0.39 is 73.4 Å². The van der Waals surface area contributed by atoms with Crippen LogP contribution in [0.15, 0.2) is 60.7 Å². The third kappa shape index (κ3) is 11.4. The van der Waals surface area contributed by atoms with Crippen LogP contribution in [0.2, 0.25) is 0 Å². The van der Waals surface area contributed by atoms with Crippen molar-refractivity contribution < 1.29 is 67.5 Å². The van der Waals surface area contributed by atoms with E-state index in [0.29, 0.717) is 11.1 Å². The number of carbonyl (C=O) groups excluding carboxylic acids is 2. The van der Waals surface area contributed by atoms with Crippen molar-refractivity contribution in [2.45, 2.75) is 162 Å². The van der Waals surface area contributed by atoms with E-state index in [0.717, 1.165) is 6.42 Å². The van der Waals surface area contributed by atoms with Crippen LogP contribution in [-0.2, 0) is 42.6 Å². The first-order chi connectivity index (χ1) is 29.0. The van der Waals surface area contributed by atoms with Gasteiger partial charge in [0.15, 0.2) is 31.1 Å².